The number of benzene rings is 2. The number of piperidine rings is 2. The van der Waals surface area contributed by atoms with Crippen LogP contribution in [0, 0.1) is 23.5 Å². The highest BCUT2D eigenvalue weighted by Gasteiger charge is 2.31. The van der Waals surface area contributed by atoms with Crippen LogP contribution in [-0.2, 0) is 14.3 Å². The van der Waals surface area contributed by atoms with Crippen LogP contribution in [0.5, 0.6) is 0 Å². The molecule has 224 valence electrons. The second-order valence-corrected chi connectivity index (χ2v) is 11.9. The number of hydrogen-bond donors (Lipinski definition) is 3. The van der Waals surface area contributed by atoms with Gasteiger partial charge in [-0.3, -0.25) is 9.59 Å². The molecule has 2 fully saturated rings. The van der Waals surface area contributed by atoms with Gasteiger partial charge < -0.3 is 25.6 Å². The summed E-state index contributed by atoms with van der Waals surface area (Å²) in [5.74, 6) is -1.82. The van der Waals surface area contributed by atoms with Crippen LogP contribution in [-0.4, -0.2) is 54.6 Å². The van der Waals surface area contributed by atoms with E-state index in [0.29, 0.717) is 37.3 Å². The molecule has 12 heteroatoms. The molecule has 41 heavy (non-hydrogen) atoms. The van der Waals surface area contributed by atoms with E-state index in [9.17, 15) is 23.2 Å². The molecule has 2 saturated heterocycles. The van der Waals surface area contributed by atoms with Gasteiger partial charge in [0.05, 0.1) is 21.9 Å². The third-order valence-electron chi connectivity index (χ3n) is 6.49. The van der Waals surface area contributed by atoms with E-state index in [1.165, 1.54) is 30.3 Å². The fourth-order valence-electron chi connectivity index (χ4n) is 4.40. The first-order chi connectivity index (χ1) is 19.3. The van der Waals surface area contributed by atoms with Crippen molar-refractivity contribution < 1.29 is 27.9 Å². The summed E-state index contributed by atoms with van der Waals surface area (Å²) in [5, 5.41) is 8.60. The summed E-state index contributed by atoms with van der Waals surface area (Å²) >= 11 is 11.2. The lowest BCUT2D eigenvalue weighted by atomic mass is 9.97. The van der Waals surface area contributed by atoms with Gasteiger partial charge in [-0.05, 0) is 89.4 Å². The lowest BCUT2D eigenvalue weighted by Crippen LogP contribution is -2.45. The fourth-order valence-corrected chi connectivity index (χ4v) is 4.63. The van der Waals surface area contributed by atoms with Crippen LogP contribution >= 0.6 is 23.2 Å². The Labute approximate surface area is 249 Å². The third kappa shape index (κ3) is 10.4. The van der Waals surface area contributed by atoms with Crippen molar-refractivity contribution in [1.82, 2.24) is 10.2 Å². The molecule has 2 heterocycles. The van der Waals surface area contributed by atoms with Crippen molar-refractivity contribution in [2.24, 2.45) is 11.8 Å². The normalized spacial score (nSPS) is 19.0. The van der Waals surface area contributed by atoms with Gasteiger partial charge in [0.2, 0.25) is 11.8 Å². The van der Waals surface area contributed by atoms with Crippen LogP contribution in [0.2, 0.25) is 10.0 Å². The molecule has 2 aliphatic rings. The van der Waals surface area contributed by atoms with E-state index < -0.39 is 23.3 Å². The highest BCUT2D eigenvalue weighted by molar-refractivity contribution is 6.31. The van der Waals surface area contributed by atoms with E-state index in [4.69, 9.17) is 27.9 Å². The Hall–Kier alpha value is -2.95. The number of nitrogens with zero attached hydrogens (tertiary/aromatic N) is 1. The largest absolute Gasteiger partial charge is 0.444 e. The number of anilines is 2. The smallest absolute Gasteiger partial charge is 0.410 e. The molecule has 0 saturated carbocycles. The first-order valence-corrected chi connectivity index (χ1v) is 14.3. The zero-order valence-electron chi connectivity index (χ0n) is 23.4. The topological polar surface area (TPSA) is 99.8 Å². The van der Waals surface area contributed by atoms with Crippen molar-refractivity contribution in [2.45, 2.75) is 52.1 Å². The molecule has 0 bridgehead atoms. The van der Waals surface area contributed by atoms with Crippen LogP contribution in [0.15, 0.2) is 36.4 Å². The van der Waals surface area contributed by atoms with Gasteiger partial charge in [-0.1, -0.05) is 23.2 Å². The Morgan fingerprint density at radius 3 is 1.93 bits per heavy atom. The number of nitrogens with one attached hydrogen (secondary N) is 3. The fraction of sp³-hybridized carbons (Fsp3) is 0.483. The molecule has 0 aromatic heterocycles. The van der Waals surface area contributed by atoms with Crippen molar-refractivity contribution in [3.05, 3.63) is 58.1 Å². The minimum atomic E-state index is -0.589. The molecule has 2 aromatic rings. The van der Waals surface area contributed by atoms with Crippen molar-refractivity contribution in [3.8, 4) is 0 Å². The highest BCUT2D eigenvalue weighted by Crippen LogP contribution is 2.23. The molecule has 2 aromatic carbocycles. The van der Waals surface area contributed by atoms with E-state index in [1.807, 2.05) is 0 Å². The van der Waals surface area contributed by atoms with Crippen LogP contribution in [0.25, 0.3) is 0 Å². The molecule has 0 radical (unpaired) electrons. The van der Waals surface area contributed by atoms with E-state index >= 15 is 0 Å². The second kappa shape index (κ2) is 14.8. The lowest BCUT2D eigenvalue weighted by molar-refractivity contribution is -0.121. The number of carbonyl (C=O) groups is 3. The monoisotopic (exact) mass is 612 g/mol. The number of carbonyl (C=O) groups excluding carboxylic acids is 3. The Bertz CT molecular complexity index is 1240. The number of ether oxygens (including phenoxy) is 1. The third-order valence-corrected chi connectivity index (χ3v) is 7.10. The Morgan fingerprint density at radius 2 is 1.44 bits per heavy atom. The highest BCUT2D eigenvalue weighted by atomic mass is 35.5. The maximum absolute atomic E-state index is 13.4. The van der Waals surface area contributed by atoms with Gasteiger partial charge in [-0.2, -0.15) is 0 Å². The average Bonchev–Trinajstić information content (AvgIpc) is 2.93. The quantitative estimate of drug-likeness (QED) is 0.367. The first-order valence-electron chi connectivity index (χ1n) is 13.5. The molecule has 3 amide bonds. The van der Waals surface area contributed by atoms with Gasteiger partial charge in [-0.15, -0.1) is 0 Å². The number of amides is 3. The molecular weight excluding hydrogens is 577 g/mol. The molecule has 4 rings (SSSR count). The second-order valence-electron chi connectivity index (χ2n) is 11.0. The number of halogens is 4. The van der Waals surface area contributed by atoms with E-state index in [2.05, 4.69) is 16.0 Å². The summed E-state index contributed by atoms with van der Waals surface area (Å²) < 4.78 is 32.0. The minimum Gasteiger partial charge on any atom is -0.444 e. The van der Waals surface area contributed by atoms with Gasteiger partial charge in [0.25, 0.3) is 0 Å². The Morgan fingerprint density at radius 1 is 0.902 bits per heavy atom. The van der Waals surface area contributed by atoms with Crippen LogP contribution in [0.1, 0.15) is 46.5 Å². The van der Waals surface area contributed by atoms with Gasteiger partial charge in [0.1, 0.15) is 17.2 Å². The molecule has 2 atom stereocenters. The summed E-state index contributed by atoms with van der Waals surface area (Å²) in [4.78, 5) is 37.9. The van der Waals surface area contributed by atoms with Crippen molar-refractivity contribution in [3.63, 3.8) is 0 Å². The maximum atomic E-state index is 13.4. The van der Waals surface area contributed by atoms with Gasteiger partial charge in [0, 0.05) is 31.0 Å². The first kappa shape index (κ1) is 32.6. The molecule has 8 nitrogen and oxygen atoms in total. The molecule has 0 unspecified atom stereocenters. The van der Waals surface area contributed by atoms with Crippen molar-refractivity contribution in [2.75, 3.05) is 36.8 Å². The predicted molar refractivity (Wildman–Crippen MR) is 156 cm³/mol. The summed E-state index contributed by atoms with van der Waals surface area (Å²) in [6.45, 7) is 7.89. The number of rotatable bonds is 4. The van der Waals surface area contributed by atoms with Crippen LogP contribution in [0.3, 0.4) is 0 Å². The van der Waals surface area contributed by atoms with E-state index in [-0.39, 0.29) is 40.2 Å². The molecule has 3 N–H and O–H groups in total. The summed E-state index contributed by atoms with van der Waals surface area (Å²) in [6, 6.07) is 8.37. The average molecular weight is 614 g/mol. The van der Waals surface area contributed by atoms with Gasteiger partial charge >= 0.3 is 6.09 Å². The molecule has 0 spiro atoms. The van der Waals surface area contributed by atoms with Crippen LogP contribution < -0.4 is 16.0 Å². The SMILES string of the molecule is CC(C)(C)OC(=O)N1CCC[C@H](C(=O)Nc2ccc(Cl)c(F)c2)C1.O=C(Nc1ccc(Cl)c(F)c1)[C@H]1CCCNC1. The van der Waals surface area contributed by atoms with Crippen molar-refractivity contribution in [1.29, 1.82) is 0 Å². The Balaban J connectivity index is 0.000000239. The number of hydrogen-bond acceptors (Lipinski definition) is 5. The number of likely N-dealkylation sites (tertiary alicyclic amines) is 1. The van der Waals surface area contributed by atoms with Gasteiger partial charge in [0.15, 0.2) is 0 Å². The zero-order valence-corrected chi connectivity index (χ0v) is 24.9. The lowest BCUT2D eigenvalue weighted by Gasteiger charge is -2.33. The summed E-state index contributed by atoms with van der Waals surface area (Å²) in [6.07, 6.45) is 2.83. The van der Waals surface area contributed by atoms with Crippen molar-refractivity contribution >= 4 is 52.5 Å². The zero-order chi connectivity index (χ0) is 30.2. The van der Waals surface area contributed by atoms with Crippen LogP contribution in [0.4, 0.5) is 25.0 Å². The predicted octanol–water partition coefficient (Wildman–Crippen LogP) is 6.48. The standard InChI is InChI=1S/C17H22ClFN2O3.C12H14ClFN2O/c1-17(2,3)24-16(23)21-8-4-5-11(10-21)15(22)20-12-6-7-13(18)14(19)9-12;13-10-4-3-9(6-11(10)14)16-12(17)8-2-1-5-15-7-8/h6-7,9,11H,4-5,8,10H2,1-3H3,(H,20,22);3-4,6,8,15H,1-2,5,7H2,(H,16,17)/t11-;8-/m00/s1. The Kier molecular flexibility index (Phi) is 11.7. The molecular formula is C29H36Cl2F2N4O4. The minimum absolute atomic E-state index is 0.00164. The molecule has 2 aliphatic heterocycles. The van der Waals surface area contributed by atoms with Gasteiger partial charge in [-0.25, -0.2) is 13.6 Å². The van der Waals surface area contributed by atoms with E-state index in [0.717, 1.165) is 19.4 Å². The molecule has 0 aliphatic carbocycles. The summed E-state index contributed by atoms with van der Waals surface area (Å²) in [7, 11) is 0. The van der Waals surface area contributed by atoms with E-state index in [1.54, 1.807) is 31.7 Å². The summed E-state index contributed by atoms with van der Waals surface area (Å²) in [5.41, 5.74) is 0.214. The maximum Gasteiger partial charge on any atom is 0.410 e.